The zero-order chi connectivity index (χ0) is 19.9. The monoisotopic (exact) mass is 382 g/mol. The lowest BCUT2D eigenvalue weighted by Crippen LogP contribution is -1.98. The summed E-state index contributed by atoms with van der Waals surface area (Å²) >= 11 is 0. The molecule has 0 unspecified atom stereocenters. The van der Waals surface area contributed by atoms with Crippen molar-refractivity contribution >= 4 is 0 Å². The van der Waals surface area contributed by atoms with Crippen LogP contribution in [0.3, 0.4) is 0 Å². The Balaban J connectivity index is 1.89. The van der Waals surface area contributed by atoms with Gasteiger partial charge in [-0.1, -0.05) is 87.2 Å². The van der Waals surface area contributed by atoms with E-state index in [9.17, 15) is 13.2 Å². The molecule has 0 aliphatic heterocycles. The number of aryl methyl sites for hydroxylation is 1. The van der Waals surface area contributed by atoms with E-state index in [1.807, 2.05) is 18.2 Å². The van der Waals surface area contributed by atoms with E-state index in [1.54, 1.807) is 36.4 Å². The Morgan fingerprint density at radius 3 is 2.04 bits per heavy atom. The van der Waals surface area contributed by atoms with Gasteiger partial charge in [0.25, 0.3) is 0 Å². The van der Waals surface area contributed by atoms with E-state index in [0.29, 0.717) is 16.7 Å². The molecule has 146 valence electrons. The van der Waals surface area contributed by atoms with Crippen molar-refractivity contribution in [3.8, 4) is 22.3 Å². The maximum Gasteiger partial charge on any atom is 0.195 e. The van der Waals surface area contributed by atoms with Gasteiger partial charge < -0.3 is 0 Å². The van der Waals surface area contributed by atoms with Crippen LogP contribution in [0.1, 0.15) is 44.6 Å². The van der Waals surface area contributed by atoms with Gasteiger partial charge in [0.05, 0.1) is 0 Å². The average molecular weight is 382 g/mol. The van der Waals surface area contributed by atoms with Crippen LogP contribution in [0.25, 0.3) is 22.3 Å². The third-order valence-corrected chi connectivity index (χ3v) is 5.06. The van der Waals surface area contributed by atoms with Crippen molar-refractivity contribution in [2.24, 2.45) is 0 Å². The smallest absolute Gasteiger partial charge is 0.195 e. The first-order valence-corrected chi connectivity index (χ1v) is 9.94. The Bertz CT molecular complexity index is 899. The Morgan fingerprint density at radius 1 is 0.679 bits per heavy atom. The molecule has 0 amide bonds. The summed E-state index contributed by atoms with van der Waals surface area (Å²) in [6, 6.07) is 17.5. The van der Waals surface area contributed by atoms with Gasteiger partial charge in [-0.3, -0.25) is 0 Å². The summed E-state index contributed by atoms with van der Waals surface area (Å²) in [7, 11) is 0. The molecule has 0 nitrogen and oxygen atoms in total. The zero-order valence-corrected chi connectivity index (χ0v) is 16.2. The molecule has 0 N–H and O–H groups in total. The van der Waals surface area contributed by atoms with Crippen molar-refractivity contribution in [1.82, 2.24) is 0 Å². The minimum atomic E-state index is -1.44. The second-order valence-electron chi connectivity index (χ2n) is 7.14. The molecule has 3 heteroatoms. The van der Waals surface area contributed by atoms with Gasteiger partial charge in [0.2, 0.25) is 0 Å². The summed E-state index contributed by atoms with van der Waals surface area (Å²) in [6.07, 6.45) is 7.01. The van der Waals surface area contributed by atoms with E-state index >= 15 is 0 Å². The molecule has 0 aliphatic carbocycles. The van der Waals surface area contributed by atoms with Gasteiger partial charge in [-0.05, 0) is 41.2 Å². The van der Waals surface area contributed by atoms with Gasteiger partial charge in [0, 0.05) is 5.56 Å². The molecule has 3 aromatic rings. The normalized spacial score (nSPS) is 11.0. The molecule has 0 saturated carbocycles. The van der Waals surface area contributed by atoms with E-state index < -0.39 is 17.5 Å². The van der Waals surface area contributed by atoms with Gasteiger partial charge >= 0.3 is 0 Å². The highest BCUT2D eigenvalue weighted by atomic mass is 19.2. The Morgan fingerprint density at radius 2 is 1.36 bits per heavy atom. The van der Waals surface area contributed by atoms with E-state index in [1.165, 1.54) is 31.2 Å². The van der Waals surface area contributed by atoms with Crippen molar-refractivity contribution in [2.75, 3.05) is 0 Å². The number of hydrogen-bond acceptors (Lipinski definition) is 0. The van der Waals surface area contributed by atoms with Gasteiger partial charge in [-0.2, -0.15) is 0 Å². The van der Waals surface area contributed by atoms with Crippen LogP contribution in [0, 0.1) is 17.5 Å². The highest BCUT2D eigenvalue weighted by Crippen LogP contribution is 2.36. The predicted octanol–water partition coefficient (Wildman–Crippen LogP) is 7.95. The molecule has 0 saturated heterocycles. The number of hydrogen-bond donors (Lipinski definition) is 0. The molecule has 0 fully saturated rings. The molecule has 3 aromatic carbocycles. The van der Waals surface area contributed by atoms with Crippen LogP contribution in [0.2, 0.25) is 0 Å². The van der Waals surface area contributed by atoms with Crippen molar-refractivity contribution < 1.29 is 13.2 Å². The fraction of sp³-hybridized carbons (Fsp3) is 0.280. The molecular formula is C25H25F3. The lowest BCUT2D eigenvalue weighted by atomic mass is 9.92. The lowest BCUT2D eigenvalue weighted by molar-refractivity contribution is 0.449. The SMILES string of the molecule is CCCCCCCc1ccc(-c2c(-c3ccccc3)cc(F)c(F)c2F)cc1. The fourth-order valence-electron chi connectivity index (χ4n) is 3.49. The second kappa shape index (κ2) is 9.59. The van der Waals surface area contributed by atoms with E-state index in [4.69, 9.17) is 0 Å². The van der Waals surface area contributed by atoms with Crippen LogP contribution in [-0.2, 0) is 6.42 Å². The topological polar surface area (TPSA) is 0 Å². The van der Waals surface area contributed by atoms with Crippen molar-refractivity contribution in [3.05, 3.63) is 83.7 Å². The van der Waals surface area contributed by atoms with Crippen LogP contribution in [0.5, 0.6) is 0 Å². The largest absolute Gasteiger partial charge is 0.204 e. The first-order chi connectivity index (χ1) is 13.6. The van der Waals surface area contributed by atoms with Gasteiger partial charge in [0.1, 0.15) is 0 Å². The Labute approximate surface area is 165 Å². The summed E-state index contributed by atoms with van der Waals surface area (Å²) < 4.78 is 42.6. The van der Waals surface area contributed by atoms with Crippen molar-refractivity contribution in [3.63, 3.8) is 0 Å². The molecule has 0 bridgehead atoms. The predicted molar refractivity (Wildman–Crippen MR) is 110 cm³/mol. The van der Waals surface area contributed by atoms with E-state index in [2.05, 4.69) is 6.92 Å². The fourth-order valence-corrected chi connectivity index (χ4v) is 3.49. The molecule has 0 radical (unpaired) electrons. The molecule has 3 rings (SSSR count). The molecule has 0 heterocycles. The minimum absolute atomic E-state index is 0.0968. The number of unbranched alkanes of at least 4 members (excludes halogenated alkanes) is 4. The van der Waals surface area contributed by atoms with Crippen LogP contribution in [0.15, 0.2) is 60.7 Å². The van der Waals surface area contributed by atoms with Crippen LogP contribution in [-0.4, -0.2) is 0 Å². The summed E-state index contributed by atoms with van der Waals surface area (Å²) in [5.41, 5.74) is 2.81. The average Bonchev–Trinajstić information content (AvgIpc) is 2.73. The molecule has 0 spiro atoms. The second-order valence-corrected chi connectivity index (χ2v) is 7.14. The van der Waals surface area contributed by atoms with E-state index in [0.717, 1.165) is 18.9 Å². The minimum Gasteiger partial charge on any atom is -0.204 e. The maximum absolute atomic E-state index is 14.7. The summed E-state index contributed by atoms with van der Waals surface area (Å²) in [5, 5.41) is 0. The van der Waals surface area contributed by atoms with Gasteiger partial charge in [-0.15, -0.1) is 0 Å². The van der Waals surface area contributed by atoms with E-state index in [-0.39, 0.29) is 5.56 Å². The number of rotatable bonds is 8. The molecule has 0 aliphatic rings. The molecule has 0 aromatic heterocycles. The Hall–Kier alpha value is -2.55. The Kier molecular flexibility index (Phi) is 6.91. The van der Waals surface area contributed by atoms with Crippen molar-refractivity contribution in [2.45, 2.75) is 45.4 Å². The van der Waals surface area contributed by atoms with Gasteiger partial charge in [0.15, 0.2) is 17.5 Å². The highest BCUT2D eigenvalue weighted by Gasteiger charge is 2.20. The highest BCUT2D eigenvalue weighted by molar-refractivity contribution is 5.84. The molecule has 28 heavy (non-hydrogen) atoms. The summed E-state index contributed by atoms with van der Waals surface area (Å²) in [5.74, 6) is -3.76. The lowest BCUT2D eigenvalue weighted by Gasteiger charge is -2.13. The van der Waals surface area contributed by atoms with Crippen molar-refractivity contribution in [1.29, 1.82) is 0 Å². The first kappa shape index (κ1) is 20.2. The third kappa shape index (κ3) is 4.64. The quantitative estimate of drug-likeness (QED) is 0.274. The molecule has 0 atom stereocenters. The van der Waals surface area contributed by atoms with Gasteiger partial charge in [-0.25, -0.2) is 13.2 Å². The summed E-state index contributed by atoms with van der Waals surface area (Å²) in [6.45, 7) is 2.19. The first-order valence-electron chi connectivity index (χ1n) is 9.94. The zero-order valence-electron chi connectivity index (χ0n) is 16.2. The van der Waals surface area contributed by atoms with Crippen LogP contribution >= 0.6 is 0 Å². The molecular weight excluding hydrogens is 357 g/mol. The third-order valence-electron chi connectivity index (χ3n) is 5.06. The number of halogens is 3. The van der Waals surface area contributed by atoms with Crippen LogP contribution in [0.4, 0.5) is 13.2 Å². The van der Waals surface area contributed by atoms with Crippen LogP contribution < -0.4 is 0 Å². The standard InChI is InChI=1S/C25H25F3/c1-2-3-4-5-7-10-18-13-15-20(16-14-18)23-21(19-11-8-6-9-12-19)17-22(26)24(27)25(23)28/h6,8-9,11-17H,2-5,7,10H2,1H3. The maximum atomic E-state index is 14.7. The summed E-state index contributed by atoms with van der Waals surface area (Å²) in [4.78, 5) is 0. The number of benzene rings is 3.